The van der Waals surface area contributed by atoms with Crippen LogP contribution in [-0.4, -0.2) is 67.0 Å². The number of ether oxygens (including phenoxy) is 1. The number of benzene rings is 1. The third-order valence-electron chi connectivity index (χ3n) is 4.86. The smallest absolute Gasteiger partial charge is 0.223 e. The number of carbonyl (C=O) groups excluding carboxylic acids is 2. The molecular weight excluding hydrogens is 342 g/mol. The molecule has 0 bridgehead atoms. The Morgan fingerprint density at radius 1 is 1.00 bits per heavy atom. The highest BCUT2D eigenvalue weighted by Crippen LogP contribution is 2.26. The van der Waals surface area contributed by atoms with Crippen LogP contribution in [0.1, 0.15) is 24.3 Å². The number of amides is 2. The van der Waals surface area contributed by atoms with Gasteiger partial charge in [-0.3, -0.25) is 9.59 Å². The normalized spacial score (nSPS) is 23.2. The number of likely N-dealkylation sites (tertiary alicyclic amines) is 1. The molecule has 2 aliphatic rings. The van der Waals surface area contributed by atoms with Gasteiger partial charge in [-0.1, -0.05) is 30.3 Å². The largest absolute Gasteiger partial charge is 0.378 e. The van der Waals surface area contributed by atoms with E-state index in [1.165, 1.54) is 5.56 Å². The highest BCUT2D eigenvalue weighted by atomic mass is 35.5. The Bertz CT molecular complexity index is 578. The van der Waals surface area contributed by atoms with Crippen molar-refractivity contribution in [2.45, 2.75) is 24.8 Å². The molecule has 6 nitrogen and oxygen atoms in total. The molecule has 3 rings (SSSR count). The van der Waals surface area contributed by atoms with Gasteiger partial charge in [-0.05, 0) is 5.56 Å². The molecule has 0 radical (unpaired) electrons. The lowest BCUT2D eigenvalue weighted by Gasteiger charge is -2.27. The number of rotatable bonds is 4. The van der Waals surface area contributed by atoms with E-state index in [2.05, 4.69) is 12.1 Å². The van der Waals surface area contributed by atoms with E-state index in [-0.39, 0.29) is 49.0 Å². The van der Waals surface area contributed by atoms with Crippen molar-refractivity contribution in [1.82, 2.24) is 9.80 Å². The van der Waals surface area contributed by atoms with Crippen LogP contribution >= 0.6 is 12.4 Å². The van der Waals surface area contributed by atoms with Crippen molar-refractivity contribution < 1.29 is 14.3 Å². The monoisotopic (exact) mass is 367 g/mol. The van der Waals surface area contributed by atoms with Crippen molar-refractivity contribution >= 4 is 24.2 Å². The maximum absolute atomic E-state index is 12.4. The van der Waals surface area contributed by atoms with Crippen LogP contribution in [0.2, 0.25) is 0 Å². The summed E-state index contributed by atoms with van der Waals surface area (Å²) in [5.41, 5.74) is 7.40. The van der Waals surface area contributed by atoms with E-state index >= 15 is 0 Å². The Labute approximate surface area is 154 Å². The molecule has 2 heterocycles. The minimum atomic E-state index is -0.0497. The van der Waals surface area contributed by atoms with Crippen LogP contribution in [-0.2, 0) is 14.3 Å². The molecule has 0 spiro atoms. The molecule has 2 N–H and O–H groups in total. The van der Waals surface area contributed by atoms with E-state index in [4.69, 9.17) is 10.5 Å². The lowest BCUT2D eigenvalue weighted by molar-refractivity contribution is -0.139. The Morgan fingerprint density at radius 2 is 1.60 bits per heavy atom. The number of nitrogens with zero attached hydrogens (tertiary/aromatic N) is 2. The summed E-state index contributed by atoms with van der Waals surface area (Å²) >= 11 is 0. The maximum Gasteiger partial charge on any atom is 0.223 e. The first kappa shape index (κ1) is 19.7. The van der Waals surface area contributed by atoms with E-state index < -0.39 is 0 Å². The lowest BCUT2D eigenvalue weighted by Crippen LogP contribution is -2.41. The number of nitrogens with two attached hydrogens (primary N) is 1. The molecule has 2 fully saturated rings. The van der Waals surface area contributed by atoms with Gasteiger partial charge < -0.3 is 20.3 Å². The van der Waals surface area contributed by atoms with E-state index in [1.54, 1.807) is 9.80 Å². The molecule has 0 aliphatic carbocycles. The first-order chi connectivity index (χ1) is 11.6. The van der Waals surface area contributed by atoms with Crippen LogP contribution in [0.25, 0.3) is 0 Å². The molecule has 25 heavy (non-hydrogen) atoms. The van der Waals surface area contributed by atoms with Gasteiger partial charge in [0, 0.05) is 51.0 Å². The summed E-state index contributed by atoms with van der Waals surface area (Å²) in [6.45, 7) is 3.61. The Hall–Kier alpha value is -1.63. The third-order valence-corrected chi connectivity index (χ3v) is 4.86. The zero-order valence-corrected chi connectivity index (χ0v) is 15.1. The van der Waals surface area contributed by atoms with Crippen molar-refractivity contribution in [3.05, 3.63) is 35.9 Å². The number of hydrogen-bond acceptors (Lipinski definition) is 4. The standard InChI is InChI=1S/C18H25N3O3.ClH/c19-16-13-21(12-15(16)14-4-2-1-3-5-14)18(23)7-6-17(22)20-8-10-24-11-9-20;/h1-5,15-16H,6-13,19H2;1H/t15-,16+;/m0./s1. The fourth-order valence-electron chi connectivity index (χ4n) is 3.43. The summed E-state index contributed by atoms with van der Waals surface area (Å²) in [7, 11) is 0. The van der Waals surface area contributed by atoms with Crippen molar-refractivity contribution in [3.8, 4) is 0 Å². The summed E-state index contributed by atoms with van der Waals surface area (Å²) in [6, 6.07) is 10.0. The van der Waals surface area contributed by atoms with E-state index in [1.807, 2.05) is 18.2 Å². The molecule has 1 aromatic rings. The predicted octanol–water partition coefficient (Wildman–Crippen LogP) is 1.00. The summed E-state index contributed by atoms with van der Waals surface area (Å²) in [6.07, 6.45) is 0.519. The van der Waals surface area contributed by atoms with Crippen LogP contribution in [0, 0.1) is 0 Å². The van der Waals surface area contributed by atoms with Gasteiger partial charge in [-0.2, -0.15) is 0 Å². The van der Waals surface area contributed by atoms with Gasteiger partial charge in [0.15, 0.2) is 0 Å². The first-order valence-electron chi connectivity index (χ1n) is 8.59. The van der Waals surface area contributed by atoms with E-state index in [9.17, 15) is 9.59 Å². The third kappa shape index (κ3) is 4.93. The van der Waals surface area contributed by atoms with Crippen LogP contribution in [0.4, 0.5) is 0 Å². The van der Waals surface area contributed by atoms with E-state index in [0.717, 1.165) is 0 Å². The maximum atomic E-state index is 12.4. The molecule has 0 saturated carbocycles. The fourth-order valence-corrected chi connectivity index (χ4v) is 3.43. The van der Waals surface area contributed by atoms with Crippen LogP contribution in [0.5, 0.6) is 0 Å². The molecule has 138 valence electrons. The van der Waals surface area contributed by atoms with Crippen LogP contribution in [0.3, 0.4) is 0 Å². The van der Waals surface area contributed by atoms with Crippen LogP contribution in [0.15, 0.2) is 30.3 Å². The second-order valence-corrected chi connectivity index (χ2v) is 6.47. The molecule has 0 unspecified atom stereocenters. The minimum absolute atomic E-state index is 0. The lowest BCUT2D eigenvalue weighted by atomic mass is 9.95. The van der Waals surface area contributed by atoms with Crippen molar-refractivity contribution in [3.63, 3.8) is 0 Å². The van der Waals surface area contributed by atoms with Gasteiger partial charge in [-0.25, -0.2) is 0 Å². The van der Waals surface area contributed by atoms with Gasteiger partial charge in [0.25, 0.3) is 0 Å². The predicted molar refractivity (Wildman–Crippen MR) is 97.6 cm³/mol. The quantitative estimate of drug-likeness (QED) is 0.861. The van der Waals surface area contributed by atoms with Gasteiger partial charge in [0.05, 0.1) is 13.2 Å². The molecular formula is C18H26ClN3O3. The highest BCUT2D eigenvalue weighted by Gasteiger charge is 2.33. The zero-order valence-electron chi connectivity index (χ0n) is 14.3. The zero-order chi connectivity index (χ0) is 16.9. The van der Waals surface area contributed by atoms with Gasteiger partial charge in [-0.15, -0.1) is 12.4 Å². The average molecular weight is 368 g/mol. The first-order valence-corrected chi connectivity index (χ1v) is 8.59. The second-order valence-electron chi connectivity index (χ2n) is 6.47. The highest BCUT2D eigenvalue weighted by molar-refractivity contribution is 5.85. The van der Waals surface area contributed by atoms with Gasteiger partial charge in [0.1, 0.15) is 0 Å². The summed E-state index contributed by atoms with van der Waals surface area (Å²) in [5.74, 6) is 0.227. The average Bonchev–Trinajstić information content (AvgIpc) is 3.02. The van der Waals surface area contributed by atoms with Gasteiger partial charge >= 0.3 is 0 Å². The molecule has 2 aliphatic heterocycles. The SMILES string of the molecule is Cl.N[C@@H]1CN(C(=O)CCC(=O)N2CCOCC2)C[C@H]1c1ccccc1. The Kier molecular flexibility index (Phi) is 7.23. The molecule has 0 aromatic heterocycles. The number of carbonyl (C=O) groups is 2. The van der Waals surface area contributed by atoms with Crippen molar-refractivity contribution in [2.75, 3.05) is 39.4 Å². The molecule has 2 amide bonds. The fraction of sp³-hybridized carbons (Fsp3) is 0.556. The van der Waals surface area contributed by atoms with Crippen molar-refractivity contribution in [2.24, 2.45) is 5.73 Å². The topological polar surface area (TPSA) is 75.9 Å². The van der Waals surface area contributed by atoms with Crippen LogP contribution < -0.4 is 5.73 Å². The minimum Gasteiger partial charge on any atom is -0.378 e. The molecule has 2 saturated heterocycles. The number of hydrogen-bond donors (Lipinski definition) is 1. The summed E-state index contributed by atoms with van der Waals surface area (Å²) in [5, 5.41) is 0. The number of halogens is 1. The van der Waals surface area contributed by atoms with Crippen molar-refractivity contribution in [1.29, 1.82) is 0 Å². The number of morpholine rings is 1. The second kappa shape index (κ2) is 9.17. The summed E-state index contributed by atoms with van der Waals surface area (Å²) < 4.78 is 5.24. The molecule has 2 atom stereocenters. The molecule has 7 heteroatoms. The Morgan fingerprint density at radius 3 is 2.24 bits per heavy atom. The Balaban J connectivity index is 0.00000225. The molecule has 1 aromatic carbocycles. The van der Waals surface area contributed by atoms with E-state index in [0.29, 0.717) is 39.4 Å². The van der Waals surface area contributed by atoms with Gasteiger partial charge in [0.2, 0.25) is 11.8 Å². The summed E-state index contributed by atoms with van der Waals surface area (Å²) in [4.78, 5) is 28.2.